The number of esters is 1. The van der Waals surface area contributed by atoms with Gasteiger partial charge in [-0.05, 0) is 67.9 Å². The Labute approximate surface area is 273 Å². The maximum Gasteiger partial charge on any atom is 0.345 e. The van der Waals surface area contributed by atoms with Crippen molar-refractivity contribution >= 4 is 27.6 Å². The Morgan fingerprint density at radius 3 is 2.56 bits per heavy atom. The lowest BCUT2D eigenvalue weighted by Crippen LogP contribution is -2.61. The highest BCUT2D eigenvalue weighted by atomic mass is 33.1. The van der Waals surface area contributed by atoms with Gasteiger partial charge in [0, 0.05) is 35.5 Å². The molecule has 0 radical (unpaired) electrons. The first-order valence-corrected chi connectivity index (χ1v) is 19.1. The predicted molar refractivity (Wildman–Crippen MR) is 175 cm³/mol. The maximum atomic E-state index is 12.6. The first-order valence-electron chi connectivity index (χ1n) is 16.6. The van der Waals surface area contributed by atoms with E-state index in [-0.39, 0.29) is 47.7 Å². The molecule has 244 valence electrons. The minimum atomic E-state index is -0.658. The van der Waals surface area contributed by atoms with Gasteiger partial charge >= 0.3 is 5.97 Å². The molecule has 0 aromatic heterocycles. The molecule has 1 saturated carbocycles. The minimum absolute atomic E-state index is 0.0101. The third-order valence-corrected chi connectivity index (χ3v) is 13.7. The predicted octanol–water partition coefficient (Wildman–Crippen LogP) is 4.81. The number of hydrogen-bond donors (Lipinski definition) is 3. The second-order valence-corrected chi connectivity index (χ2v) is 16.2. The van der Waals surface area contributed by atoms with Gasteiger partial charge in [0.2, 0.25) is 5.76 Å². The molecule has 5 aliphatic heterocycles. The van der Waals surface area contributed by atoms with E-state index >= 15 is 0 Å². The SMILES string of the molecule is COC1=C(CO)C(=O)OC1=C1OC2=CCC3CSSCC4CCCC4CC(O)C4CC(Cc5ccccc5)CC(C2C1CO)N34. The molecule has 1 aromatic carbocycles. The molecule has 0 spiro atoms. The third kappa shape index (κ3) is 6.00. The van der Waals surface area contributed by atoms with Crippen LogP contribution in [-0.2, 0) is 25.4 Å². The Bertz CT molecular complexity index is 1350. The van der Waals surface area contributed by atoms with Gasteiger partial charge in [0.15, 0.2) is 11.5 Å². The van der Waals surface area contributed by atoms with Crippen molar-refractivity contribution in [2.75, 3.05) is 31.8 Å². The van der Waals surface area contributed by atoms with Crippen LogP contribution in [0.15, 0.2) is 65.0 Å². The number of carbonyl (C=O) groups is 1. The van der Waals surface area contributed by atoms with Crippen LogP contribution >= 0.6 is 21.6 Å². The second kappa shape index (κ2) is 13.6. The number of piperidine rings is 1. The number of aliphatic hydroxyl groups excluding tert-OH is 3. The van der Waals surface area contributed by atoms with Gasteiger partial charge in [0.1, 0.15) is 11.3 Å². The van der Waals surface area contributed by atoms with Crippen LogP contribution < -0.4 is 0 Å². The summed E-state index contributed by atoms with van der Waals surface area (Å²) in [6.45, 7) is -0.700. The van der Waals surface area contributed by atoms with Gasteiger partial charge in [-0.15, -0.1) is 0 Å². The maximum absolute atomic E-state index is 12.6. The fourth-order valence-electron chi connectivity index (χ4n) is 9.14. The largest absolute Gasteiger partial charge is 0.492 e. The molecule has 3 saturated heterocycles. The van der Waals surface area contributed by atoms with Gasteiger partial charge in [-0.3, -0.25) is 4.90 Å². The molecule has 9 unspecified atom stereocenters. The normalized spacial score (nSPS) is 38.7. The fourth-order valence-corrected chi connectivity index (χ4v) is 12.0. The van der Waals surface area contributed by atoms with E-state index in [1.165, 1.54) is 31.9 Å². The number of ether oxygens (including phenoxy) is 3. The van der Waals surface area contributed by atoms with Gasteiger partial charge in [-0.25, -0.2) is 4.79 Å². The lowest BCUT2D eigenvalue weighted by molar-refractivity contribution is -0.134. The summed E-state index contributed by atoms with van der Waals surface area (Å²) in [6, 6.07) is 10.9. The third-order valence-electron chi connectivity index (χ3n) is 11.2. The molecule has 45 heavy (non-hydrogen) atoms. The number of cyclic esters (lactones) is 1. The van der Waals surface area contributed by atoms with Crippen LogP contribution in [0.1, 0.15) is 50.5 Å². The van der Waals surface area contributed by atoms with Gasteiger partial charge in [0.05, 0.1) is 32.3 Å². The van der Waals surface area contributed by atoms with E-state index in [1.807, 2.05) is 21.6 Å². The van der Waals surface area contributed by atoms with Crippen LogP contribution in [0.2, 0.25) is 0 Å². The molecule has 6 aliphatic rings. The summed E-state index contributed by atoms with van der Waals surface area (Å²) in [5.41, 5.74) is 1.36. The molecule has 10 heteroatoms. The zero-order valence-corrected chi connectivity index (χ0v) is 27.5. The van der Waals surface area contributed by atoms with E-state index in [9.17, 15) is 20.1 Å². The van der Waals surface area contributed by atoms with E-state index < -0.39 is 24.6 Å². The van der Waals surface area contributed by atoms with Crippen molar-refractivity contribution in [3.8, 4) is 0 Å². The average Bonchev–Trinajstić information content (AvgIpc) is 3.71. The second-order valence-electron chi connectivity index (χ2n) is 13.6. The molecule has 3 N–H and O–H groups in total. The highest BCUT2D eigenvalue weighted by Crippen LogP contribution is 2.53. The van der Waals surface area contributed by atoms with E-state index in [1.54, 1.807) is 0 Å². The highest BCUT2D eigenvalue weighted by molar-refractivity contribution is 8.76. The molecule has 7 rings (SSSR count). The molecular formula is C35H45NO7S2. The Balaban J connectivity index is 1.29. The van der Waals surface area contributed by atoms with Crippen molar-refractivity contribution in [3.63, 3.8) is 0 Å². The van der Waals surface area contributed by atoms with Crippen molar-refractivity contribution < 1.29 is 34.3 Å². The number of nitrogens with zero attached hydrogens (tertiary/aromatic N) is 1. The number of benzene rings is 1. The van der Waals surface area contributed by atoms with E-state index in [0.717, 1.165) is 49.4 Å². The highest BCUT2D eigenvalue weighted by Gasteiger charge is 2.54. The van der Waals surface area contributed by atoms with E-state index in [4.69, 9.17) is 14.2 Å². The molecule has 0 amide bonds. The van der Waals surface area contributed by atoms with Crippen molar-refractivity contribution in [1.82, 2.24) is 4.90 Å². The standard InChI is InChI=1S/C35H45NO7S2/c1-41-32-26(17-38)35(40)43-34(32)33-25(16-37)31-28-14-21(12-20-6-3-2-4-7-20)13-27-29(39)15-22-8-5-9-23(22)18-44-45-19-24(36(27)28)10-11-30(31)42-33/h2-4,6-7,11,21-25,27-29,31,37-39H,5,8-10,12-19H2,1H3. The first kappa shape index (κ1) is 31.6. The number of rotatable bonds is 5. The Morgan fingerprint density at radius 2 is 1.78 bits per heavy atom. The molecule has 0 bridgehead atoms. The van der Waals surface area contributed by atoms with Gasteiger partial charge < -0.3 is 29.5 Å². The Morgan fingerprint density at radius 1 is 1.00 bits per heavy atom. The van der Waals surface area contributed by atoms with Crippen molar-refractivity contribution in [1.29, 1.82) is 0 Å². The van der Waals surface area contributed by atoms with Crippen molar-refractivity contribution in [2.24, 2.45) is 29.6 Å². The zero-order valence-electron chi connectivity index (χ0n) is 25.9. The van der Waals surface area contributed by atoms with Crippen LogP contribution in [0.4, 0.5) is 0 Å². The number of methoxy groups -OCH3 is 1. The van der Waals surface area contributed by atoms with Crippen molar-refractivity contribution in [2.45, 2.75) is 75.6 Å². The summed E-state index contributed by atoms with van der Waals surface area (Å²) in [4.78, 5) is 15.3. The molecule has 4 fully saturated rings. The lowest BCUT2D eigenvalue weighted by Gasteiger charge is -2.52. The summed E-state index contributed by atoms with van der Waals surface area (Å²) in [7, 11) is 5.42. The monoisotopic (exact) mass is 655 g/mol. The molecular weight excluding hydrogens is 611 g/mol. The molecule has 8 nitrogen and oxygen atoms in total. The number of fused-ring (bicyclic) bond motifs is 3. The van der Waals surface area contributed by atoms with Crippen LogP contribution in [0.5, 0.6) is 0 Å². The van der Waals surface area contributed by atoms with Crippen LogP contribution in [0.3, 0.4) is 0 Å². The topological polar surface area (TPSA) is 109 Å². The summed E-state index contributed by atoms with van der Waals surface area (Å²) >= 11 is 0. The zero-order chi connectivity index (χ0) is 31.1. The number of hydrogen-bond acceptors (Lipinski definition) is 10. The van der Waals surface area contributed by atoms with E-state index in [0.29, 0.717) is 23.5 Å². The van der Waals surface area contributed by atoms with Crippen LogP contribution in [0.25, 0.3) is 0 Å². The van der Waals surface area contributed by atoms with Crippen LogP contribution in [0, 0.1) is 29.6 Å². The fraction of sp³-hybridized carbons (Fsp3) is 0.629. The average molecular weight is 656 g/mol. The number of aliphatic hydroxyl groups is 3. The quantitative estimate of drug-likeness (QED) is 0.302. The van der Waals surface area contributed by atoms with Gasteiger partial charge in [-0.2, -0.15) is 0 Å². The smallest absolute Gasteiger partial charge is 0.345 e. The van der Waals surface area contributed by atoms with Crippen LogP contribution in [-0.4, -0.2) is 82.2 Å². The summed E-state index contributed by atoms with van der Waals surface area (Å²) < 4.78 is 17.7. The minimum Gasteiger partial charge on any atom is -0.492 e. The molecule has 1 aliphatic carbocycles. The summed E-state index contributed by atoms with van der Waals surface area (Å²) in [5, 5.41) is 33.0. The first-order chi connectivity index (χ1) is 22.0. The molecule has 1 aromatic rings. The Kier molecular flexibility index (Phi) is 9.60. The molecule has 5 heterocycles. The van der Waals surface area contributed by atoms with Gasteiger partial charge in [-0.1, -0.05) is 64.8 Å². The summed E-state index contributed by atoms with van der Waals surface area (Å²) in [5.74, 6) is 3.93. The molecule has 9 atom stereocenters. The van der Waals surface area contributed by atoms with Crippen molar-refractivity contribution in [3.05, 3.63) is 70.6 Å². The number of carbonyl (C=O) groups excluding carboxylic acids is 1. The lowest BCUT2D eigenvalue weighted by atomic mass is 9.72. The van der Waals surface area contributed by atoms with Gasteiger partial charge in [0.25, 0.3) is 0 Å². The van der Waals surface area contributed by atoms with E-state index in [2.05, 4.69) is 41.3 Å². The summed E-state index contributed by atoms with van der Waals surface area (Å²) in [6.07, 6.45) is 9.90. The Hall–Kier alpha value is -1.95.